The number of nitrogens with zero attached hydrogens (tertiary/aromatic N) is 2. The van der Waals surface area contributed by atoms with Crippen molar-refractivity contribution < 1.29 is 19.4 Å². The Labute approximate surface area is 204 Å². The molecule has 0 spiro atoms. The molecule has 1 unspecified atom stereocenters. The number of ether oxygens (including phenoxy) is 2. The minimum Gasteiger partial charge on any atom is -0.496 e. The summed E-state index contributed by atoms with van der Waals surface area (Å²) in [5, 5.41) is 19.9. The lowest BCUT2D eigenvalue weighted by Crippen LogP contribution is -2.32. The zero-order chi connectivity index (χ0) is 25.1. The molecule has 0 bridgehead atoms. The van der Waals surface area contributed by atoms with Gasteiger partial charge in [-0.15, -0.1) is 0 Å². The lowest BCUT2D eigenvalue weighted by Gasteiger charge is -2.32. The number of nitriles is 1. The summed E-state index contributed by atoms with van der Waals surface area (Å²) >= 11 is 0. The molecule has 2 aromatic carbocycles. The summed E-state index contributed by atoms with van der Waals surface area (Å²) in [6, 6.07) is 15.9. The normalized spacial score (nSPS) is 12.9. The maximum absolute atomic E-state index is 11.8. The van der Waals surface area contributed by atoms with Crippen LogP contribution in [0.25, 0.3) is 0 Å². The second-order valence-corrected chi connectivity index (χ2v) is 9.00. The molecule has 0 aliphatic carbocycles. The van der Waals surface area contributed by atoms with Gasteiger partial charge in [-0.1, -0.05) is 32.0 Å². The van der Waals surface area contributed by atoms with E-state index in [1.54, 1.807) is 14.0 Å². The molecular weight excluding hydrogens is 428 g/mol. The van der Waals surface area contributed by atoms with Crippen LogP contribution in [0.4, 0.5) is 0 Å². The number of aliphatic hydroxyl groups is 1. The van der Waals surface area contributed by atoms with E-state index in [9.17, 15) is 15.2 Å². The summed E-state index contributed by atoms with van der Waals surface area (Å²) in [5.41, 5.74) is 2.75. The third-order valence-electron chi connectivity index (χ3n) is 6.51. The Morgan fingerprint density at radius 1 is 1.18 bits per heavy atom. The number of aliphatic hydroxyl groups excluding tert-OH is 1. The maximum Gasteiger partial charge on any atom is 0.338 e. The fourth-order valence-corrected chi connectivity index (χ4v) is 4.28. The van der Waals surface area contributed by atoms with E-state index in [0.717, 1.165) is 37.9 Å². The number of likely N-dealkylation sites (N-methyl/N-ethyl adjacent to an activating group) is 1. The van der Waals surface area contributed by atoms with E-state index in [2.05, 4.69) is 31.9 Å². The van der Waals surface area contributed by atoms with Gasteiger partial charge in [-0.3, -0.25) is 0 Å². The Bertz CT molecular complexity index is 965. The van der Waals surface area contributed by atoms with Gasteiger partial charge in [0.25, 0.3) is 0 Å². The maximum atomic E-state index is 11.8. The molecule has 6 nitrogen and oxygen atoms in total. The van der Waals surface area contributed by atoms with Gasteiger partial charge in [-0.2, -0.15) is 5.26 Å². The Morgan fingerprint density at radius 3 is 2.44 bits per heavy atom. The number of methoxy groups -OCH3 is 1. The predicted molar refractivity (Wildman–Crippen MR) is 134 cm³/mol. The van der Waals surface area contributed by atoms with Crippen molar-refractivity contribution in [3.05, 3.63) is 64.7 Å². The SMILES string of the molecule is CCOC(=O)c1ccc(CCN(C)CCCC(C#N)(c2ccc(OC)c(CO)c2)C(C)C)cc1. The minimum absolute atomic E-state index is 0.125. The first kappa shape index (κ1) is 27.4. The van der Waals surface area contributed by atoms with Crippen LogP contribution >= 0.6 is 0 Å². The standard InChI is InChI=1S/C28H38N2O4/c1-6-34-27(32)23-10-8-22(9-11-23)14-17-30(4)16-7-15-28(20-29,21(2)3)25-12-13-26(33-5)24(18-25)19-31/h8-13,18,21,31H,6-7,14-17,19H2,1-5H3. The fraction of sp³-hybridized carbons (Fsp3) is 0.500. The average molecular weight is 467 g/mol. The van der Waals surface area contributed by atoms with Crippen molar-refractivity contribution in [1.82, 2.24) is 4.90 Å². The Kier molecular flexibility index (Phi) is 10.6. The molecule has 0 aromatic heterocycles. The van der Waals surface area contributed by atoms with Crippen LogP contribution in [0.1, 0.15) is 60.7 Å². The molecule has 6 heteroatoms. The molecule has 2 aromatic rings. The van der Waals surface area contributed by atoms with E-state index in [4.69, 9.17) is 9.47 Å². The van der Waals surface area contributed by atoms with Gasteiger partial charge in [-0.05, 0) is 81.1 Å². The van der Waals surface area contributed by atoms with Crippen LogP contribution in [-0.2, 0) is 23.2 Å². The van der Waals surface area contributed by atoms with E-state index in [-0.39, 0.29) is 18.5 Å². The molecule has 0 saturated heterocycles. The minimum atomic E-state index is -0.625. The first-order valence-corrected chi connectivity index (χ1v) is 11.9. The van der Waals surface area contributed by atoms with Gasteiger partial charge in [0.05, 0.1) is 37.4 Å². The molecule has 0 saturated carbocycles. The summed E-state index contributed by atoms with van der Waals surface area (Å²) in [4.78, 5) is 14.1. The zero-order valence-electron chi connectivity index (χ0n) is 21.1. The highest BCUT2D eigenvalue weighted by molar-refractivity contribution is 5.89. The van der Waals surface area contributed by atoms with Crippen LogP contribution in [0.5, 0.6) is 5.75 Å². The number of carbonyl (C=O) groups is 1. The van der Waals surface area contributed by atoms with Crippen molar-refractivity contribution in [3.8, 4) is 11.8 Å². The Hall–Kier alpha value is -2.88. The van der Waals surface area contributed by atoms with Crippen molar-refractivity contribution >= 4 is 5.97 Å². The molecule has 184 valence electrons. The first-order valence-electron chi connectivity index (χ1n) is 11.9. The molecule has 0 heterocycles. The van der Waals surface area contributed by atoms with E-state index >= 15 is 0 Å². The zero-order valence-corrected chi connectivity index (χ0v) is 21.1. The van der Waals surface area contributed by atoms with Crippen molar-refractivity contribution in [2.75, 3.05) is 33.9 Å². The monoisotopic (exact) mass is 466 g/mol. The number of hydrogen-bond donors (Lipinski definition) is 1. The average Bonchev–Trinajstić information content (AvgIpc) is 2.85. The van der Waals surface area contributed by atoms with Crippen LogP contribution in [-0.4, -0.2) is 49.8 Å². The van der Waals surface area contributed by atoms with E-state index in [1.807, 2.05) is 42.5 Å². The topological polar surface area (TPSA) is 82.8 Å². The molecule has 1 atom stereocenters. The van der Waals surface area contributed by atoms with E-state index < -0.39 is 5.41 Å². The number of carbonyl (C=O) groups excluding carboxylic acids is 1. The second-order valence-electron chi connectivity index (χ2n) is 9.00. The van der Waals surface area contributed by atoms with Crippen LogP contribution in [0.15, 0.2) is 42.5 Å². The molecule has 0 aliphatic heterocycles. The Balaban J connectivity index is 1.97. The summed E-state index contributed by atoms with van der Waals surface area (Å²) in [6.45, 7) is 7.96. The van der Waals surface area contributed by atoms with E-state index in [0.29, 0.717) is 23.5 Å². The molecule has 34 heavy (non-hydrogen) atoms. The molecule has 0 fully saturated rings. The van der Waals surface area contributed by atoms with Gasteiger partial charge in [0.15, 0.2) is 0 Å². The Morgan fingerprint density at radius 2 is 1.88 bits per heavy atom. The molecular formula is C28H38N2O4. The summed E-state index contributed by atoms with van der Waals surface area (Å²) in [5.74, 6) is 0.470. The van der Waals surface area contributed by atoms with Crippen LogP contribution in [0, 0.1) is 17.2 Å². The fourth-order valence-electron chi connectivity index (χ4n) is 4.28. The number of benzene rings is 2. The van der Waals surface area contributed by atoms with Crippen molar-refractivity contribution in [3.63, 3.8) is 0 Å². The van der Waals surface area contributed by atoms with Crippen LogP contribution < -0.4 is 4.74 Å². The van der Waals surface area contributed by atoms with Crippen LogP contribution in [0.3, 0.4) is 0 Å². The highest BCUT2D eigenvalue weighted by Gasteiger charge is 2.36. The molecule has 2 rings (SSSR count). The third kappa shape index (κ3) is 6.82. The highest BCUT2D eigenvalue weighted by Crippen LogP contribution is 2.38. The van der Waals surface area contributed by atoms with Gasteiger partial charge in [-0.25, -0.2) is 4.79 Å². The summed E-state index contributed by atoms with van der Waals surface area (Å²) < 4.78 is 10.4. The van der Waals surface area contributed by atoms with Gasteiger partial charge < -0.3 is 19.5 Å². The van der Waals surface area contributed by atoms with Gasteiger partial charge in [0, 0.05) is 12.1 Å². The molecule has 1 N–H and O–H groups in total. The van der Waals surface area contributed by atoms with Crippen molar-refractivity contribution in [1.29, 1.82) is 5.26 Å². The van der Waals surface area contributed by atoms with Crippen LogP contribution in [0.2, 0.25) is 0 Å². The van der Waals surface area contributed by atoms with Crippen molar-refractivity contribution in [2.45, 2.75) is 52.1 Å². The lowest BCUT2D eigenvalue weighted by atomic mass is 9.69. The summed E-state index contributed by atoms with van der Waals surface area (Å²) in [6.07, 6.45) is 2.49. The molecule has 0 aliphatic rings. The largest absolute Gasteiger partial charge is 0.496 e. The smallest absolute Gasteiger partial charge is 0.338 e. The highest BCUT2D eigenvalue weighted by atomic mass is 16.5. The first-order chi connectivity index (χ1) is 16.3. The molecule has 0 radical (unpaired) electrons. The van der Waals surface area contributed by atoms with Crippen molar-refractivity contribution in [2.24, 2.45) is 5.92 Å². The molecule has 0 amide bonds. The third-order valence-corrected chi connectivity index (χ3v) is 6.51. The number of esters is 1. The van der Waals surface area contributed by atoms with Gasteiger partial charge >= 0.3 is 5.97 Å². The van der Waals surface area contributed by atoms with E-state index in [1.165, 1.54) is 5.56 Å². The lowest BCUT2D eigenvalue weighted by molar-refractivity contribution is 0.0526. The number of hydrogen-bond acceptors (Lipinski definition) is 6. The quantitative estimate of drug-likeness (QED) is 0.430. The number of rotatable bonds is 13. The predicted octanol–water partition coefficient (Wildman–Crippen LogP) is 4.74. The summed E-state index contributed by atoms with van der Waals surface area (Å²) in [7, 11) is 3.67. The second kappa shape index (κ2) is 13.1. The van der Waals surface area contributed by atoms with Gasteiger partial charge in [0.2, 0.25) is 0 Å². The van der Waals surface area contributed by atoms with Gasteiger partial charge in [0.1, 0.15) is 5.75 Å².